The van der Waals surface area contributed by atoms with Crippen molar-refractivity contribution >= 4 is 17.5 Å². The van der Waals surface area contributed by atoms with Gasteiger partial charge in [-0.25, -0.2) is 9.97 Å². The normalized spacial score (nSPS) is 14.8. The highest BCUT2D eigenvalue weighted by Gasteiger charge is 2.38. The number of amides is 2. The van der Waals surface area contributed by atoms with Crippen molar-refractivity contribution in [3.63, 3.8) is 0 Å². The summed E-state index contributed by atoms with van der Waals surface area (Å²) in [6, 6.07) is 2.88. The Hall–Kier alpha value is -3.97. The number of carbonyl (C=O) groups excluding carboxylic acids is 2. The summed E-state index contributed by atoms with van der Waals surface area (Å²) in [4.78, 5) is 33.0. The van der Waals surface area contributed by atoms with Gasteiger partial charge >= 0.3 is 12.4 Å². The Morgan fingerprint density at radius 3 is 2.19 bits per heavy atom. The summed E-state index contributed by atoms with van der Waals surface area (Å²) in [7, 11) is 0. The molecule has 0 saturated heterocycles. The highest BCUT2D eigenvalue weighted by atomic mass is 19.4. The van der Waals surface area contributed by atoms with E-state index in [9.17, 15) is 35.9 Å². The minimum Gasteiger partial charge on any atom is -0.342 e. The SMILES string of the molecule is CCC(NC(=O)c1cc(C(F)(F)F)cc(C(F)(F)F)c1)c1ncnn1-c1ccc(NC(=O)C2CC2)cn1. The molecule has 8 nitrogen and oxygen atoms in total. The number of hydrogen-bond acceptors (Lipinski definition) is 5. The minimum atomic E-state index is -5.09. The number of alkyl halides is 6. The van der Waals surface area contributed by atoms with Gasteiger partial charge in [-0.2, -0.15) is 36.1 Å². The standard InChI is InChI=1S/C23H20F6N6O2/c1-2-17(34-21(37)13-7-14(22(24,25)26)9-15(8-13)23(27,28)29)19-31-11-32-35(19)18-6-5-16(10-30-18)33-20(36)12-3-4-12/h5-12,17H,2-4H2,1H3,(H,33,36)(H,34,37). The Kier molecular flexibility index (Phi) is 6.93. The first-order valence-corrected chi connectivity index (χ1v) is 11.1. The first-order chi connectivity index (χ1) is 17.4. The molecule has 1 atom stereocenters. The molecule has 0 radical (unpaired) electrons. The summed E-state index contributed by atoms with van der Waals surface area (Å²) in [6.07, 6.45) is -5.75. The number of nitrogens with one attached hydrogen (secondary N) is 2. The topological polar surface area (TPSA) is 102 Å². The van der Waals surface area contributed by atoms with Crippen molar-refractivity contribution in [2.45, 2.75) is 44.6 Å². The van der Waals surface area contributed by atoms with Crippen LogP contribution in [0.5, 0.6) is 0 Å². The molecule has 1 aliphatic rings. The molecule has 196 valence electrons. The Bertz CT molecular complexity index is 1270. The number of carbonyl (C=O) groups is 2. The molecule has 1 unspecified atom stereocenters. The molecular weight excluding hydrogens is 506 g/mol. The number of nitrogens with zero attached hydrogens (tertiary/aromatic N) is 4. The lowest BCUT2D eigenvalue weighted by Gasteiger charge is -2.19. The molecule has 1 saturated carbocycles. The Balaban J connectivity index is 1.56. The van der Waals surface area contributed by atoms with Crippen LogP contribution in [0.2, 0.25) is 0 Å². The fourth-order valence-corrected chi connectivity index (χ4v) is 3.52. The van der Waals surface area contributed by atoms with Crippen LogP contribution >= 0.6 is 0 Å². The van der Waals surface area contributed by atoms with Crippen molar-refractivity contribution in [1.29, 1.82) is 0 Å². The molecule has 1 aromatic carbocycles. The second-order valence-corrected chi connectivity index (χ2v) is 8.43. The Morgan fingerprint density at radius 2 is 1.68 bits per heavy atom. The van der Waals surface area contributed by atoms with Gasteiger partial charge in [0, 0.05) is 11.5 Å². The lowest BCUT2D eigenvalue weighted by molar-refractivity contribution is -0.143. The second-order valence-electron chi connectivity index (χ2n) is 8.43. The molecule has 1 fully saturated rings. The maximum Gasteiger partial charge on any atom is 0.416 e. The van der Waals surface area contributed by atoms with E-state index in [4.69, 9.17) is 0 Å². The first-order valence-electron chi connectivity index (χ1n) is 11.1. The fourth-order valence-electron chi connectivity index (χ4n) is 3.52. The van der Waals surface area contributed by atoms with Gasteiger partial charge in [-0.05, 0) is 49.6 Å². The van der Waals surface area contributed by atoms with Gasteiger partial charge in [-0.15, -0.1) is 0 Å². The smallest absolute Gasteiger partial charge is 0.342 e. The Labute approximate surface area is 206 Å². The molecule has 0 bridgehead atoms. The molecule has 2 heterocycles. The van der Waals surface area contributed by atoms with Crippen molar-refractivity contribution in [1.82, 2.24) is 25.1 Å². The number of hydrogen-bond donors (Lipinski definition) is 2. The lowest BCUT2D eigenvalue weighted by Crippen LogP contribution is -2.31. The van der Waals surface area contributed by atoms with Crippen LogP contribution in [-0.4, -0.2) is 31.6 Å². The monoisotopic (exact) mass is 526 g/mol. The molecule has 3 aromatic rings. The molecule has 14 heteroatoms. The summed E-state index contributed by atoms with van der Waals surface area (Å²) in [5.74, 6) is -0.833. The van der Waals surface area contributed by atoms with E-state index < -0.39 is 41.0 Å². The van der Waals surface area contributed by atoms with Crippen LogP contribution in [0.4, 0.5) is 32.0 Å². The molecule has 2 amide bonds. The zero-order chi connectivity index (χ0) is 27.0. The van der Waals surface area contributed by atoms with Gasteiger partial charge in [0.1, 0.15) is 6.33 Å². The molecule has 0 aliphatic heterocycles. The van der Waals surface area contributed by atoms with Crippen LogP contribution in [0.25, 0.3) is 5.82 Å². The van der Waals surface area contributed by atoms with Gasteiger partial charge in [0.25, 0.3) is 5.91 Å². The second kappa shape index (κ2) is 9.82. The van der Waals surface area contributed by atoms with Crippen LogP contribution < -0.4 is 10.6 Å². The quantitative estimate of drug-likeness (QED) is 0.425. The molecule has 0 spiro atoms. The fraction of sp³-hybridized carbons (Fsp3) is 0.348. The molecule has 2 N–H and O–H groups in total. The zero-order valence-electron chi connectivity index (χ0n) is 19.2. The number of pyridine rings is 1. The van der Waals surface area contributed by atoms with Crippen molar-refractivity contribution < 1.29 is 35.9 Å². The average Bonchev–Trinajstić information content (AvgIpc) is 3.59. The number of aromatic nitrogens is 4. The first kappa shape index (κ1) is 26.1. The van der Waals surface area contributed by atoms with Crippen LogP contribution in [0.15, 0.2) is 42.9 Å². The molecule has 4 rings (SSSR count). The van der Waals surface area contributed by atoms with Crippen LogP contribution in [0, 0.1) is 5.92 Å². The Morgan fingerprint density at radius 1 is 1.03 bits per heavy atom. The predicted molar refractivity (Wildman–Crippen MR) is 117 cm³/mol. The van der Waals surface area contributed by atoms with Crippen molar-refractivity contribution in [2.24, 2.45) is 5.92 Å². The number of halogens is 6. The van der Waals surface area contributed by atoms with Crippen LogP contribution in [0.3, 0.4) is 0 Å². The minimum absolute atomic E-state index is 0.000412. The van der Waals surface area contributed by atoms with E-state index in [1.807, 2.05) is 0 Å². The van der Waals surface area contributed by atoms with Crippen molar-refractivity contribution in [3.05, 3.63) is 65.4 Å². The molecule has 37 heavy (non-hydrogen) atoms. The van der Waals surface area contributed by atoms with E-state index in [1.54, 1.807) is 13.0 Å². The number of anilines is 1. The zero-order valence-corrected chi connectivity index (χ0v) is 19.2. The van der Waals surface area contributed by atoms with E-state index in [1.165, 1.54) is 23.3 Å². The van der Waals surface area contributed by atoms with E-state index in [2.05, 4.69) is 25.7 Å². The number of rotatable bonds is 7. The maximum absolute atomic E-state index is 13.2. The summed E-state index contributed by atoms with van der Waals surface area (Å²) in [6.45, 7) is 1.64. The molecule has 1 aliphatic carbocycles. The summed E-state index contributed by atoms with van der Waals surface area (Å²) in [5.41, 5.74) is -3.53. The highest BCUT2D eigenvalue weighted by molar-refractivity contribution is 5.95. The van der Waals surface area contributed by atoms with Gasteiger partial charge in [-0.3, -0.25) is 9.59 Å². The third-order valence-corrected chi connectivity index (χ3v) is 5.63. The van der Waals surface area contributed by atoms with E-state index >= 15 is 0 Å². The van der Waals surface area contributed by atoms with Gasteiger partial charge < -0.3 is 10.6 Å². The third-order valence-electron chi connectivity index (χ3n) is 5.63. The van der Waals surface area contributed by atoms with Gasteiger partial charge in [0.2, 0.25) is 5.91 Å². The van der Waals surface area contributed by atoms with E-state index in [0.29, 0.717) is 17.8 Å². The van der Waals surface area contributed by atoms with E-state index in [-0.39, 0.29) is 36.0 Å². The summed E-state index contributed by atoms with van der Waals surface area (Å²) < 4.78 is 80.4. The van der Waals surface area contributed by atoms with Crippen molar-refractivity contribution in [2.75, 3.05) is 5.32 Å². The highest BCUT2D eigenvalue weighted by Crippen LogP contribution is 2.36. The largest absolute Gasteiger partial charge is 0.416 e. The molecular formula is C23H20F6N6O2. The van der Waals surface area contributed by atoms with Crippen LogP contribution in [0.1, 0.15) is 59.5 Å². The lowest BCUT2D eigenvalue weighted by atomic mass is 10.0. The third kappa shape index (κ3) is 6.06. The summed E-state index contributed by atoms with van der Waals surface area (Å²) in [5, 5.41) is 9.23. The van der Waals surface area contributed by atoms with Crippen molar-refractivity contribution in [3.8, 4) is 5.82 Å². The number of benzene rings is 1. The maximum atomic E-state index is 13.2. The molecule has 2 aromatic heterocycles. The predicted octanol–water partition coefficient (Wildman–Crippen LogP) is 4.93. The average molecular weight is 526 g/mol. The van der Waals surface area contributed by atoms with Crippen LogP contribution in [-0.2, 0) is 17.1 Å². The van der Waals surface area contributed by atoms with Gasteiger partial charge in [-0.1, -0.05) is 6.92 Å². The summed E-state index contributed by atoms with van der Waals surface area (Å²) >= 11 is 0. The van der Waals surface area contributed by atoms with E-state index in [0.717, 1.165) is 12.8 Å². The van der Waals surface area contributed by atoms with Gasteiger partial charge in [0.15, 0.2) is 11.6 Å². The van der Waals surface area contributed by atoms with Gasteiger partial charge in [0.05, 0.1) is 29.1 Å².